The molecule has 0 unspecified atom stereocenters. The van der Waals surface area contributed by atoms with Gasteiger partial charge in [0.15, 0.2) is 0 Å². The van der Waals surface area contributed by atoms with Crippen LogP contribution in [0.2, 0.25) is 10.0 Å². The first-order valence-electron chi connectivity index (χ1n) is 11.3. The standard InChI is InChI=1S/C26H34Cl2N2O2/c1-5-6-16-29-26(32)19(4)30(17-22-23(27)8-7-9-24(22)28)25(31)15-12-20-10-13-21(14-11-20)18(2)3/h7-11,13-14,18-19H,5-6,12,15-17H2,1-4H3,(H,29,32)/t19-/m1/s1. The van der Waals surface area contributed by atoms with Gasteiger partial charge in [-0.25, -0.2) is 0 Å². The zero-order valence-corrected chi connectivity index (χ0v) is 21.0. The maximum atomic E-state index is 13.3. The molecule has 2 aromatic carbocycles. The van der Waals surface area contributed by atoms with E-state index < -0.39 is 6.04 Å². The fourth-order valence-electron chi connectivity index (χ4n) is 3.44. The average Bonchev–Trinajstić information content (AvgIpc) is 2.77. The molecule has 0 aliphatic carbocycles. The molecule has 6 heteroatoms. The molecule has 0 spiro atoms. The Morgan fingerprint density at radius 3 is 2.19 bits per heavy atom. The molecule has 0 saturated carbocycles. The molecule has 0 saturated heterocycles. The van der Waals surface area contributed by atoms with Crippen molar-refractivity contribution in [1.29, 1.82) is 0 Å². The highest BCUT2D eigenvalue weighted by Gasteiger charge is 2.27. The second kappa shape index (κ2) is 12.9. The quantitative estimate of drug-likeness (QED) is 0.382. The third-order valence-electron chi connectivity index (χ3n) is 5.66. The third-order valence-corrected chi connectivity index (χ3v) is 6.37. The molecule has 2 rings (SSSR count). The zero-order chi connectivity index (χ0) is 23.7. The number of rotatable bonds is 11. The van der Waals surface area contributed by atoms with E-state index in [0.29, 0.717) is 40.9 Å². The second-order valence-corrected chi connectivity index (χ2v) is 9.25. The molecule has 1 N–H and O–H groups in total. The number of nitrogens with zero attached hydrogens (tertiary/aromatic N) is 1. The summed E-state index contributed by atoms with van der Waals surface area (Å²) in [5, 5.41) is 3.89. The van der Waals surface area contributed by atoms with E-state index in [4.69, 9.17) is 23.2 Å². The summed E-state index contributed by atoms with van der Waals surface area (Å²) >= 11 is 12.7. The molecule has 0 aliphatic rings. The van der Waals surface area contributed by atoms with Crippen molar-refractivity contribution in [3.05, 3.63) is 69.2 Å². The predicted octanol–water partition coefficient (Wildman–Crippen LogP) is 6.38. The summed E-state index contributed by atoms with van der Waals surface area (Å²) in [5.41, 5.74) is 3.02. The van der Waals surface area contributed by atoms with Gasteiger partial charge in [-0.15, -0.1) is 0 Å². The van der Waals surface area contributed by atoms with Gasteiger partial charge in [0.2, 0.25) is 11.8 Å². The van der Waals surface area contributed by atoms with E-state index in [1.54, 1.807) is 30.0 Å². The third kappa shape index (κ3) is 7.53. The van der Waals surface area contributed by atoms with Gasteiger partial charge in [-0.05, 0) is 48.9 Å². The number of nitrogens with one attached hydrogen (secondary N) is 1. The van der Waals surface area contributed by atoms with Crippen LogP contribution in [0.3, 0.4) is 0 Å². The lowest BCUT2D eigenvalue weighted by molar-refractivity contribution is -0.140. The summed E-state index contributed by atoms with van der Waals surface area (Å²) in [7, 11) is 0. The van der Waals surface area contributed by atoms with Gasteiger partial charge in [-0.2, -0.15) is 0 Å². The summed E-state index contributed by atoms with van der Waals surface area (Å²) in [6, 6.07) is 13.0. The van der Waals surface area contributed by atoms with Gasteiger partial charge in [0, 0.05) is 35.1 Å². The maximum absolute atomic E-state index is 13.3. The van der Waals surface area contributed by atoms with Gasteiger partial charge in [-0.3, -0.25) is 9.59 Å². The van der Waals surface area contributed by atoms with Crippen LogP contribution in [-0.2, 0) is 22.6 Å². The van der Waals surface area contributed by atoms with E-state index in [9.17, 15) is 9.59 Å². The van der Waals surface area contributed by atoms with Crippen molar-refractivity contribution in [2.24, 2.45) is 0 Å². The van der Waals surface area contributed by atoms with Crippen molar-refractivity contribution in [1.82, 2.24) is 10.2 Å². The first-order valence-corrected chi connectivity index (χ1v) is 12.1. The van der Waals surface area contributed by atoms with Crippen molar-refractivity contribution < 1.29 is 9.59 Å². The van der Waals surface area contributed by atoms with Crippen LogP contribution in [0.4, 0.5) is 0 Å². The monoisotopic (exact) mass is 476 g/mol. The number of amides is 2. The van der Waals surface area contributed by atoms with E-state index in [1.165, 1.54) is 5.56 Å². The van der Waals surface area contributed by atoms with Crippen LogP contribution in [0.25, 0.3) is 0 Å². The number of benzene rings is 2. The summed E-state index contributed by atoms with van der Waals surface area (Å²) < 4.78 is 0. The van der Waals surface area contributed by atoms with Gasteiger partial charge >= 0.3 is 0 Å². The van der Waals surface area contributed by atoms with E-state index in [1.807, 2.05) is 0 Å². The van der Waals surface area contributed by atoms with Crippen LogP contribution in [0.5, 0.6) is 0 Å². The van der Waals surface area contributed by atoms with Gasteiger partial charge < -0.3 is 10.2 Å². The highest BCUT2D eigenvalue weighted by atomic mass is 35.5. The fraction of sp³-hybridized carbons (Fsp3) is 0.462. The van der Waals surface area contributed by atoms with Crippen LogP contribution >= 0.6 is 23.2 Å². The number of unbranched alkanes of at least 4 members (excludes halogenated alkanes) is 1. The summed E-state index contributed by atoms with van der Waals surface area (Å²) in [5.74, 6) is 0.192. The minimum atomic E-state index is -0.630. The number of hydrogen-bond acceptors (Lipinski definition) is 2. The predicted molar refractivity (Wildman–Crippen MR) is 133 cm³/mol. The van der Waals surface area contributed by atoms with Crippen LogP contribution in [-0.4, -0.2) is 29.3 Å². The highest BCUT2D eigenvalue weighted by molar-refractivity contribution is 6.36. The van der Waals surface area contributed by atoms with E-state index in [-0.39, 0.29) is 18.4 Å². The van der Waals surface area contributed by atoms with Crippen molar-refractivity contribution in [3.8, 4) is 0 Å². The lowest BCUT2D eigenvalue weighted by Crippen LogP contribution is -2.48. The Morgan fingerprint density at radius 2 is 1.62 bits per heavy atom. The second-order valence-electron chi connectivity index (χ2n) is 8.44. The molecule has 0 aliphatic heterocycles. The number of carbonyl (C=O) groups is 2. The average molecular weight is 477 g/mol. The smallest absolute Gasteiger partial charge is 0.242 e. The Labute approximate surface area is 202 Å². The summed E-state index contributed by atoms with van der Waals surface area (Å²) in [6.07, 6.45) is 2.79. The molecular weight excluding hydrogens is 443 g/mol. The molecule has 2 amide bonds. The molecule has 0 heterocycles. The maximum Gasteiger partial charge on any atom is 0.242 e. The minimum absolute atomic E-state index is 0.105. The molecule has 2 aromatic rings. The molecule has 0 aromatic heterocycles. The van der Waals surface area contributed by atoms with Gasteiger partial charge in [0.1, 0.15) is 6.04 Å². The molecule has 0 fully saturated rings. The van der Waals surface area contributed by atoms with Crippen molar-refractivity contribution in [2.75, 3.05) is 6.54 Å². The Kier molecular flexibility index (Phi) is 10.5. The highest BCUT2D eigenvalue weighted by Crippen LogP contribution is 2.27. The summed E-state index contributed by atoms with van der Waals surface area (Å²) in [4.78, 5) is 27.6. The van der Waals surface area contributed by atoms with Gasteiger partial charge in [0.05, 0.1) is 0 Å². The number of halogens is 2. The van der Waals surface area contributed by atoms with Crippen LogP contribution in [0, 0.1) is 0 Å². The van der Waals surface area contributed by atoms with E-state index in [0.717, 1.165) is 18.4 Å². The molecule has 4 nitrogen and oxygen atoms in total. The number of carbonyl (C=O) groups excluding carboxylic acids is 2. The lowest BCUT2D eigenvalue weighted by Gasteiger charge is -2.29. The van der Waals surface area contributed by atoms with Gasteiger partial charge in [-0.1, -0.05) is 80.7 Å². The van der Waals surface area contributed by atoms with Crippen LogP contribution < -0.4 is 5.32 Å². The van der Waals surface area contributed by atoms with Gasteiger partial charge in [0.25, 0.3) is 0 Å². The largest absolute Gasteiger partial charge is 0.354 e. The molecule has 174 valence electrons. The molecule has 0 radical (unpaired) electrons. The Balaban J connectivity index is 2.16. The van der Waals surface area contributed by atoms with Crippen molar-refractivity contribution >= 4 is 35.0 Å². The van der Waals surface area contributed by atoms with E-state index in [2.05, 4.69) is 50.4 Å². The Hall–Kier alpha value is -2.04. The Bertz CT molecular complexity index is 877. The SMILES string of the molecule is CCCCNC(=O)[C@@H](C)N(Cc1c(Cl)cccc1Cl)C(=O)CCc1ccc(C(C)C)cc1. The number of hydrogen-bond donors (Lipinski definition) is 1. The molecule has 32 heavy (non-hydrogen) atoms. The minimum Gasteiger partial charge on any atom is -0.354 e. The molecular formula is C26H34Cl2N2O2. The molecule has 0 bridgehead atoms. The first-order chi connectivity index (χ1) is 15.2. The normalized spacial score (nSPS) is 12.0. The fourth-order valence-corrected chi connectivity index (χ4v) is 3.95. The lowest BCUT2D eigenvalue weighted by atomic mass is 10.00. The Morgan fingerprint density at radius 1 is 1.00 bits per heavy atom. The van der Waals surface area contributed by atoms with Crippen LogP contribution in [0.1, 0.15) is 69.6 Å². The topological polar surface area (TPSA) is 49.4 Å². The van der Waals surface area contributed by atoms with Crippen LogP contribution in [0.15, 0.2) is 42.5 Å². The van der Waals surface area contributed by atoms with Crippen molar-refractivity contribution in [2.45, 2.75) is 71.9 Å². The van der Waals surface area contributed by atoms with E-state index >= 15 is 0 Å². The first kappa shape index (κ1) is 26.2. The summed E-state index contributed by atoms with van der Waals surface area (Å²) in [6.45, 7) is 8.91. The number of aryl methyl sites for hydroxylation is 1. The molecule has 1 atom stereocenters. The zero-order valence-electron chi connectivity index (χ0n) is 19.5. The van der Waals surface area contributed by atoms with Crippen molar-refractivity contribution in [3.63, 3.8) is 0 Å².